The maximum atomic E-state index is 5.27. The fourth-order valence-corrected chi connectivity index (χ4v) is 0.514. The van der Waals surface area contributed by atoms with Crippen molar-refractivity contribution < 1.29 is 4.65 Å². The van der Waals surface area contributed by atoms with Crippen LogP contribution in [0.25, 0.3) is 0 Å². The van der Waals surface area contributed by atoms with Crippen molar-refractivity contribution >= 4 is 7.62 Å². The minimum Gasteiger partial charge on any atom is -0.427 e. The van der Waals surface area contributed by atoms with Crippen molar-refractivity contribution in [3.63, 3.8) is 0 Å². The van der Waals surface area contributed by atoms with Crippen LogP contribution in [0.15, 0.2) is 0 Å². The van der Waals surface area contributed by atoms with Crippen molar-refractivity contribution in [1.82, 2.24) is 5.23 Å². The molecule has 0 aromatic rings. The Morgan fingerprint density at radius 1 is 1.56 bits per heavy atom. The summed E-state index contributed by atoms with van der Waals surface area (Å²) in [6, 6.07) is 0. The second-order valence-electron chi connectivity index (χ2n) is 1.80. The summed E-state index contributed by atoms with van der Waals surface area (Å²) in [4.78, 5) is 0. The second-order valence-corrected chi connectivity index (χ2v) is 1.80. The Balaban J connectivity index is 2.60. The molecule has 4 heteroatoms. The van der Waals surface area contributed by atoms with E-state index in [4.69, 9.17) is 5.73 Å². The largest absolute Gasteiger partial charge is 0.427 e. The molecule has 0 aromatic heterocycles. The van der Waals surface area contributed by atoms with E-state index in [1.165, 1.54) is 0 Å². The predicted molar refractivity (Wildman–Crippen MR) is 39.1 cm³/mol. The first-order valence-corrected chi connectivity index (χ1v) is 3.19. The van der Waals surface area contributed by atoms with E-state index in [0.29, 0.717) is 0 Å². The molecule has 0 heterocycles. The smallest absolute Gasteiger partial charge is 0.395 e. The molecule has 0 spiro atoms. The third-order valence-corrected chi connectivity index (χ3v) is 0.976. The molecule has 0 unspecified atom stereocenters. The molecule has 1 radical (unpaired) electrons. The third-order valence-electron chi connectivity index (χ3n) is 0.976. The van der Waals surface area contributed by atoms with Gasteiger partial charge in [-0.3, -0.25) is 0 Å². The fourth-order valence-electron chi connectivity index (χ4n) is 0.514. The van der Waals surface area contributed by atoms with E-state index in [-0.39, 0.29) is 0 Å². The molecule has 9 heavy (non-hydrogen) atoms. The van der Waals surface area contributed by atoms with Crippen LogP contribution in [-0.4, -0.2) is 27.8 Å². The van der Waals surface area contributed by atoms with Gasteiger partial charge in [-0.15, -0.1) is 0 Å². The van der Waals surface area contributed by atoms with Gasteiger partial charge in [-0.2, -0.15) is 0 Å². The fraction of sp³-hybridized carbons (Fsp3) is 1.00. The molecule has 0 fully saturated rings. The van der Waals surface area contributed by atoms with E-state index < -0.39 is 0 Å². The highest BCUT2D eigenvalue weighted by Gasteiger charge is 1.87. The highest BCUT2D eigenvalue weighted by Crippen LogP contribution is 1.80. The van der Waals surface area contributed by atoms with Crippen molar-refractivity contribution in [3.05, 3.63) is 0 Å². The van der Waals surface area contributed by atoms with E-state index in [2.05, 4.69) is 9.88 Å². The Bertz CT molecular complexity index is 48.2. The molecule has 3 N–H and O–H groups in total. The predicted octanol–water partition coefficient (Wildman–Crippen LogP) is -0.504. The molecule has 53 valence electrons. The highest BCUT2D eigenvalue weighted by atomic mass is 16.4. The van der Waals surface area contributed by atoms with Gasteiger partial charge in [0.2, 0.25) is 0 Å². The van der Waals surface area contributed by atoms with Crippen molar-refractivity contribution in [1.29, 1.82) is 0 Å². The van der Waals surface area contributed by atoms with Gasteiger partial charge in [0.15, 0.2) is 0 Å². The molecule has 0 atom stereocenters. The second kappa shape index (κ2) is 7.94. The molecular formula is C5H14BN2O. The standard InChI is InChI=1S/C5H14BN2O/c1-9-6-8-5-3-2-4-7/h8H,2-5,7H2,1H3. The minimum absolute atomic E-state index is 0.772. The Morgan fingerprint density at radius 2 is 2.33 bits per heavy atom. The van der Waals surface area contributed by atoms with E-state index in [1.54, 1.807) is 14.7 Å². The van der Waals surface area contributed by atoms with Crippen molar-refractivity contribution in [2.45, 2.75) is 12.8 Å². The van der Waals surface area contributed by atoms with Gasteiger partial charge in [0.05, 0.1) is 0 Å². The van der Waals surface area contributed by atoms with Gasteiger partial charge in [0, 0.05) is 7.11 Å². The lowest BCUT2D eigenvalue weighted by atomic mass is 10.2. The molecule has 3 nitrogen and oxygen atoms in total. The van der Waals surface area contributed by atoms with Gasteiger partial charge in [-0.25, -0.2) is 0 Å². The van der Waals surface area contributed by atoms with Crippen LogP contribution in [0.4, 0.5) is 0 Å². The molecule has 0 saturated heterocycles. The summed E-state index contributed by atoms with van der Waals surface area (Å²) in [5.74, 6) is 0. The number of rotatable bonds is 6. The number of unbranched alkanes of at least 4 members (excludes halogenated alkanes) is 1. The average molecular weight is 129 g/mol. The maximum absolute atomic E-state index is 5.27. The molecule has 0 aliphatic carbocycles. The Hall–Kier alpha value is -0.0551. The zero-order chi connectivity index (χ0) is 6.95. The van der Waals surface area contributed by atoms with Crippen molar-refractivity contribution in [2.75, 3.05) is 20.2 Å². The van der Waals surface area contributed by atoms with Gasteiger partial charge in [-0.1, -0.05) is 0 Å². The van der Waals surface area contributed by atoms with Crippen LogP contribution in [0.2, 0.25) is 0 Å². The van der Waals surface area contributed by atoms with Crippen LogP contribution >= 0.6 is 0 Å². The molecule has 0 saturated carbocycles. The lowest BCUT2D eigenvalue weighted by Crippen LogP contribution is -2.22. The first kappa shape index (κ1) is 8.94. The zero-order valence-corrected chi connectivity index (χ0v) is 5.89. The third kappa shape index (κ3) is 7.94. The molecule has 0 bridgehead atoms. The van der Waals surface area contributed by atoms with Gasteiger partial charge in [0.1, 0.15) is 0 Å². The first-order valence-electron chi connectivity index (χ1n) is 3.19. The summed E-state index contributed by atoms with van der Waals surface area (Å²) in [6.45, 7) is 1.72. The van der Waals surface area contributed by atoms with Gasteiger partial charge in [-0.05, 0) is 25.9 Å². The van der Waals surface area contributed by atoms with Crippen LogP contribution in [0.1, 0.15) is 12.8 Å². The summed E-state index contributed by atoms with van der Waals surface area (Å²) >= 11 is 0. The van der Waals surface area contributed by atoms with Gasteiger partial charge >= 0.3 is 7.62 Å². The minimum atomic E-state index is 0.772. The van der Waals surface area contributed by atoms with Crippen LogP contribution in [0.5, 0.6) is 0 Å². The van der Waals surface area contributed by atoms with Crippen LogP contribution in [0, 0.1) is 0 Å². The van der Waals surface area contributed by atoms with Crippen LogP contribution in [-0.2, 0) is 4.65 Å². The number of hydrogen-bond donors (Lipinski definition) is 2. The number of nitrogens with one attached hydrogen (secondary N) is 1. The van der Waals surface area contributed by atoms with Crippen molar-refractivity contribution in [3.8, 4) is 0 Å². The molecule has 0 amide bonds. The molecule has 0 rings (SSSR count). The summed E-state index contributed by atoms with van der Waals surface area (Å²) in [5.41, 5.74) is 5.27. The topological polar surface area (TPSA) is 47.3 Å². The normalized spacial score (nSPS) is 9.56. The molecular weight excluding hydrogens is 115 g/mol. The summed E-state index contributed by atoms with van der Waals surface area (Å²) in [5, 5.41) is 2.97. The summed E-state index contributed by atoms with van der Waals surface area (Å²) in [7, 11) is 3.20. The van der Waals surface area contributed by atoms with E-state index in [9.17, 15) is 0 Å². The van der Waals surface area contributed by atoms with Gasteiger partial charge < -0.3 is 15.6 Å². The van der Waals surface area contributed by atoms with Crippen LogP contribution in [0.3, 0.4) is 0 Å². The highest BCUT2D eigenvalue weighted by molar-refractivity contribution is 6.23. The number of hydrogen-bond acceptors (Lipinski definition) is 3. The zero-order valence-electron chi connectivity index (χ0n) is 5.89. The summed E-state index contributed by atoms with van der Waals surface area (Å²) in [6.07, 6.45) is 2.18. The lowest BCUT2D eigenvalue weighted by molar-refractivity contribution is 0.430. The molecule has 0 aliphatic rings. The molecule has 0 aromatic carbocycles. The lowest BCUT2D eigenvalue weighted by Gasteiger charge is -1.98. The van der Waals surface area contributed by atoms with E-state index >= 15 is 0 Å². The SMILES string of the molecule is CO[B]NCCCCN. The first-order chi connectivity index (χ1) is 4.41. The average Bonchev–Trinajstić information content (AvgIpc) is 1.89. The Labute approximate surface area is 57.2 Å². The quantitative estimate of drug-likeness (QED) is 0.375. The Morgan fingerprint density at radius 3 is 2.89 bits per heavy atom. The maximum Gasteiger partial charge on any atom is 0.395 e. The summed E-state index contributed by atoms with van der Waals surface area (Å²) < 4.78 is 4.65. The Kier molecular flexibility index (Phi) is 7.90. The van der Waals surface area contributed by atoms with Crippen LogP contribution < -0.4 is 11.0 Å². The van der Waals surface area contributed by atoms with Crippen molar-refractivity contribution in [2.24, 2.45) is 5.73 Å². The van der Waals surface area contributed by atoms with Gasteiger partial charge in [0.25, 0.3) is 0 Å². The monoisotopic (exact) mass is 129 g/mol. The molecule has 0 aliphatic heterocycles. The van der Waals surface area contributed by atoms with E-state index in [1.807, 2.05) is 0 Å². The van der Waals surface area contributed by atoms with E-state index in [0.717, 1.165) is 25.9 Å². The number of nitrogens with two attached hydrogens (primary N) is 1.